The Morgan fingerprint density at radius 1 is 1.15 bits per heavy atom. The van der Waals surface area contributed by atoms with Crippen LogP contribution in [0, 0.1) is 5.92 Å². The van der Waals surface area contributed by atoms with Crippen molar-refractivity contribution in [3.63, 3.8) is 0 Å². The predicted octanol–water partition coefficient (Wildman–Crippen LogP) is 3.69. The molecule has 1 saturated carbocycles. The molecule has 0 spiro atoms. The van der Waals surface area contributed by atoms with Gasteiger partial charge in [-0.1, -0.05) is 18.2 Å². The SMILES string of the molecule is NCC1CCC(c2nc(-c3cc4ccccc4[nH]3)c3c(N)nccn23)CC1. The number of nitrogen functional groups attached to an aromatic ring is 1. The van der Waals surface area contributed by atoms with Crippen LogP contribution < -0.4 is 11.5 Å². The number of imidazole rings is 1. The summed E-state index contributed by atoms with van der Waals surface area (Å²) in [5.41, 5.74) is 16.0. The number of benzene rings is 1. The zero-order valence-electron chi connectivity index (χ0n) is 15.2. The van der Waals surface area contributed by atoms with E-state index in [1.54, 1.807) is 6.20 Å². The summed E-state index contributed by atoms with van der Waals surface area (Å²) < 4.78 is 2.14. The van der Waals surface area contributed by atoms with Gasteiger partial charge in [0, 0.05) is 29.2 Å². The van der Waals surface area contributed by atoms with Gasteiger partial charge in [0.25, 0.3) is 0 Å². The van der Waals surface area contributed by atoms with Gasteiger partial charge in [-0.05, 0) is 50.3 Å². The lowest BCUT2D eigenvalue weighted by atomic mass is 9.81. The summed E-state index contributed by atoms with van der Waals surface area (Å²) in [4.78, 5) is 12.9. The summed E-state index contributed by atoms with van der Waals surface area (Å²) in [6.45, 7) is 0.784. The number of aromatic nitrogens is 4. The Hall–Kier alpha value is -2.86. The Kier molecular flexibility index (Phi) is 3.86. The Morgan fingerprint density at radius 3 is 2.74 bits per heavy atom. The molecule has 6 nitrogen and oxygen atoms in total. The molecule has 1 aliphatic carbocycles. The highest BCUT2D eigenvalue weighted by atomic mass is 15.1. The first-order chi connectivity index (χ1) is 13.2. The van der Waals surface area contributed by atoms with E-state index in [2.05, 4.69) is 32.6 Å². The fraction of sp³-hybridized carbons (Fsp3) is 0.333. The van der Waals surface area contributed by atoms with Crippen LogP contribution in [0.3, 0.4) is 0 Å². The first-order valence-electron chi connectivity index (χ1n) is 9.65. The maximum atomic E-state index is 6.27. The van der Waals surface area contributed by atoms with Gasteiger partial charge in [-0.25, -0.2) is 9.97 Å². The number of fused-ring (bicyclic) bond motifs is 2. The van der Waals surface area contributed by atoms with E-state index in [9.17, 15) is 0 Å². The molecule has 1 fully saturated rings. The normalized spacial score (nSPS) is 20.5. The minimum absolute atomic E-state index is 0.431. The highest BCUT2D eigenvalue weighted by Crippen LogP contribution is 2.38. The number of H-pyrrole nitrogens is 1. The molecule has 0 aliphatic heterocycles. The Balaban J connectivity index is 1.65. The average Bonchev–Trinajstić information content (AvgIpc) is 3.30. The largest absolute Gasteiger partial charge is 0.382 e. The van der Waals surface area contributed by atoms with Crippen molar-refractivity contribution in [3.8, 4) is 11.4 Å². The lowest BCUT2D eigenvalue weighted by Crippen LogP contribution is -2.21. The van der Waals surface area contributed by atoms with E-state index in [0.717, 1.165) is 47.6 Å². The Bertz CT molecular complexity index is 1070. The molecule has 5 N–H and O–H groups in total. The molecule has 3 heterocycles. The monoisotopic (exact) mass is 360 g/mol. The van der Waals surface area contributed by atoms with Crippen molar-refractivity contribution in [2.24, 2.45) is 11.7 Å². The molecule has 4 aromatic rings. The molecule has 0 bridgehead atoms. The Labute approximate surface area is 157 Å². The van der Waals surface area contributed by atoms with E-state index >= 15 is 0 Å². The first kappa shape index (κ1) is 16.3. The van der Waals surface area contributed by atoms with Crippen molar-refractivity contribution in [2.45, 2.75) is 31.6 Å². The maximum absolute atomic E-state index is 6.27. The van der Waals surface area contributed by atoms with Crippen LogP contribution in [0.15, 0.2) is 42.7 Å². The fourth-order valence-electron chi connectivity index (χ4n) is 4.42. The van der Waals surface area contributed by atoms with Crippen molar-refractivity contribution in [2.75, 3.05) is 12.3 Å². The molecular weight excluding hydrogens is 336 g/mol. The van der Waals surface area contributed by atoms with Crippen LogP contribution in [0.4, 0.5) is 5.82 Å². The number of aromatic amines is 1. The summed E-state index contributed by atoms with van der Waals surface area (Å²) >= 11 is 0. The molecule has 1 aliphatic rings. The molecule has 0 radical (unpaired) electrons. The first-order valence-corrected chi connectivity index (χ1v) is 9.65. The molecule has 27 heavy (non-hydrogen) atoms. The molecule has 6 heteroatoms. The van der Waals surface area contributed by atoms with Crippen molar-refractivity contribution < 1.29 is 0 Å². The van der Waals surface area contributed by atoms with Gasteiger partial charge in [0.15, 0.2) is 0 Å². The molecule has 0 unspecified atom stereocenters. The third-order valence-corrected chi connectivity index (χ3v) is 5.94. The number of nitrogens with one attached hydrogen (secondary N) is 1. The van der Waals surface area contributed by atoms with Gasteiger partial charge < -0.3 is 16.5 Å². The fourth-order valence-corrected chi connectivity index (χ4v) is 4.42. The third kappa shape index (κ3) is 2.68. The van der Waals surface area contributed by atoms with Gasteiger partial charge >= 0.3 is 0 Å². The zero-order chi connectivity index (χ0) is 18.4. The second-order valence-electron chi connectivity index (χ2n) is 7.57. The van der Waals surface area contributed by atoms with E-state index in [1.165, 1.54) is 18.2 Å². The number of anilines is 1. The van der Waals surface area contributed by atoms with Crippen LogP contribution >= 0.6 is 0 Å². The van der Waals surface area contributed by atoms with Crippen molar-refractivity contribution >= 4 is 22.2 Å². The molecule has 0 saturated heterocycles. The van der Waals surface area contributed by atoms with Crippen LogP contribution in [0.5, 0.6) is 0 Å². The van der Waals surface area contributed by atoms with Gasteiger partial charge in [-0.3, -0.25) is 4.40 Å². The lowest BCUT2D eigenvalue weighted by Gasteiger charge is -2.26. The molecule has 5 rings (SSSR count). The molecule has 138 valence electrons. The molecule has 1 aromatic carbocycles. The third-order valence-electron chi connectivity index (χ3n) is 5.94. The van der Waals surface area contributed by atoms with E-state index in [4.69, 9.17) is 16.5 Å². The number of nitrogens with two attached hydrogens (primary N) is 2. The van der Waals surface area contributed by atoms with Gasteiger partial charge in [0.1, 0.15) is 22.9 Å². The summed E-state index contributed by atoms with van der Waals surface area (Å²) in [7, 11) is 0. The summed E-state index contributed by atoms with van der Waals surface area (Å²) in [6.07, 6.45) is 8.31. The minimum Gasteiger partial charge on any atom is -0.382 e. The van der Waals surface area contributed by atoms with Crippen LogP contribution in [0.2, 0.25) is 0 Å². The smallest absolute Gasteiger partial charge is 0.150 e. The summed E-state index contributed by atoms with van der Waals surface area (Å²) in [6, 6.07) is 10.4. The van der Waals surface area contributed by atoms with E-state index in [1.807, 2.05) is 18.3 Å². The van der Waals surface area contributed by atoms with Crippen molar-refractivity contribution in [1.82, 2.24) is 19.4 Å². The number of hydrogen-bond donors (Lipinski definition) is 3. The number of nitrogens with zero attached hydrogens (tertiary/aromatic N) is 3. The minimum atomic E-state index is 0.431. The van der Waals surface area contributed by atoms with Crippen LogP contribution in [0.25, 0.3) is 27.8 Å². The van der Waals surface area contributed by atoms with Crippen molar-refractivity contribution in [1.29, 1.82) is 0 Å². The molecule has 0 atom stereocenters. The summed E-state index contributed by atoms with van der Waals surface area (Å²) in [5, 5.41) is 1.17. The highest BCUT2D eigenvalue weighted by molar-refractivity contribution is 5.91. The topological polar surface area (TPSA) is 98.0 Å². The zero-order valence-corrected chi connectivity index (χ0v) is 15.2. The van der Waals surface area contributed by atoms with E-state index in [0.29, 0.717) is 17.7 Å². The number of para-hydroxylation sites is 1. The second-order valence-corrected chi connectivity index (χ2v) is 7.57. The molecule has 3 aromatic heterocycles. The average molecular weight is 360 g/mol. The second kappa shape index (κ2) is 6.39. The van der Waals surface area contributed by atoms with Crippen LogP contribution in [0.1, 0.15) is 37.4 Å². The van der Waals surface area contributed by atoms with Gasteiger partial charge in [-0.15, -0.1) is 0 Å². The molecule has 0 amide bonds. The lowest BCUT2D eigenvalue weighted by molar-refractivity contribution is 0.325. The van der Waals surface area contributed by atoms with Gasteiger partial charge in [0.2, 0.25) is 0 Å². The number of hydrogen-bond acceptors (Lipinski definition) is 4. The molecular formula is C21H24N6. The van der Waals surface area contributed by atoms with Crippen LogP contribution in [-0.4, -0.2) is 25.9 Å². The van der Waals surface area contributed by atoms with E-state index < -0.39 is 0 Å². The Morgan fingerprint density at radius 2 is 1.96 bits per heavy atom. The number of rotatable bonds is 3. The van der Waals surface area contributed by atoms with Gasteiger partial charge in [0.05, 0.1) is 5.69 Å². The predicted molar refractivity (Wildman–Crippen MR) is 108 cm³/mol. The van der Waals surface area contributed by atoms with E-state index in [-0.39, 0.29) is 0 Å². The van der Waals surface area contributed by atoms with Crippen molar-refractivity contribution in [3.05, 3.63) is 48.5 Å². The van der Waals surface area contributed by atoms with Gasteiger partial charge in [-0.2, -0.15) is 0 Å². The highest BCUT2D eigenvalue weighted by Gasteiger charge is 2.27. The maximum Gasteiger partial charge on any atom is 0.150 e. The van der Waals surface area contributed by atoms with Crippen LogP contribution in [-0.2, 0) is 0 Å². The standard InChI is InChI=1S/C21H24N6/c22-12-13-5-7-14(8-6-13)21-26-18(19-20(23)24-9-10-27(19)21)17-11-15-3-1-2-4-16(15)25-17/h1-4,9-11,13-14,25H,5-8,12,22H2,(H2,23,24). The quantitative estimate of drug-likeness (QED) is 0.519. The summed E-state index contributed by atoms with van der Waals surface area (Å²) in [5.74, 6) is 2.68.